The van der Waals surface area contributed by atoms with Crippen LogP contribution >= 0.6 is 0 Å². The monoisotopic (exact) mass is 685 g/mol. The summed E-state index contributed by atoms with van der Waals surface area (Å²) >= 11 is 0. The topological polar surface area (TPSA) is 38.9 Å². The van der Waals surface area contributed by atoms with Gasteiger partial charge in [0.1, 0.15) is 5.82 Å². The lowest BCUT2D eigenvalue weighted by Crippen LogP contribution is -2.31. The molecule has 0 aliphatic carbocycles. The zero-order valence-electron chi connectivity index (χ0n) is 32.6. The number of fused-ring (bicyclic) bond motifs is 5. The molecule has 0 spiro atoms. The molecule has 0 bridgehead atoms. The molecule has 5 heteroatoms. The number of pyridine rings is 1. The van der Waals surface area contributed by atoms with Gasteiger partial charge < -0.3 is 4.90 Å². The molecular weight excluding hydrogens is 635 g/mol. The van der Waals surface area contributed by atoms with Crippen molar-refractivity contribution in [1.82, 2.24) is 19.3 Å². The highest BCUT2D eigenvalue weighted by Gasteiger charge is 2.38. The van der Waals surface area contributed by atoms with E-state index in [-0.39, 0.29) is 21.7 Å². The Balaban J connectivity index is 1.39. The minimum absolute atomic E-state index is 0.00240. The van der Waals surface area contributed by atoms with Crippen molar-refractivity contribution in [2.24, 2.45) is 0 Å². The van der Waals surface area contributed by atoms with Crippen molar-refractivity contribution in [3.63, 3.8) is 0 Å². The van der Waals surface area contributed by atoms with Gasteiger partial charge in [0.2, 0.25) is 0 Å². The summed E-state index contributed by atoms with van der Waals surface area (Å²) in [4.78, 5) is 7.42. The van der Waals surface area contributed by atoms with Gasteiger partial charge in [-0.2, -0.15) is 5.10 Å². The van der Waals surface area contributed by atoms with Gasteiger partial charge >= 0.3 is 0 Å². The zero-order chi connectivity index (χ0) is 37.0. The van der Waals surface area contributed by atoms with E-state index in [9.17, 15) is 0 Å². The Bertz CT molecular complexity index is 2500. The highest BCUT2D eigenvalue weighted by molar-refractivity contribution is 6.10. The van der Waals surface area contributed by atoms with E-state index in [4.69, 9.17) is 10.1 Å². The summed E-state index contributed by atoms with van der Waals surface area (Å²) in [6.45, 7) is 25.0. The third-order valence-corrected chi connectivity index (χ3v) is 11.0. The molecule has 0 radical (unpaired) electrons. The maximum absolute atomic E-state index is 5.27. The van der Waals surface area contributed by atoms with E-state index in [1.807, 2.05) is 6.20 Å². The quantitative estimate of drug-likeness (QED) is 0.186. The standard InChI is InChI=1S/C47H51N5/c1-44(2,3)30-24-25-48-43(26-30)51-37-18-14-12-16-33(37)34-22-20-31(27-39(34)51)50-38-19-15-13-17-35(38)47(10,11)36-23-21-32(28-40(36)50)52-42(46(7,8)9)29-41(49-52)45(4,5)6/h12-29H,1-11H3. The van der Waals surface area contributed by atoms with E-state index in [0.717, 1.165) is 33.9 Å². The van der Waals surface area contributed by atoms with Crippen molar-refractivity contribution >= 4 is 38.9 Å². The zero-order valence-corrected chi connectivity index (χ0v) is 32.6. The number of aromatic nitrogens is 4. The molecule has 264 valence electrons. The molecule has 0 atom stereocenters. The second-order valence-corrected chi connectivity index (χ2v) is 18.2. The van der Waals surface area contributed by atoms with Gasteiger partial charge in [-0.25, -0.2) is 9.67 Å². The third-order valence-electron chi connectivity index (χ3n) is 11.0. The maximum Gasteiger partial charge on any atom is 0.137 e. The van der Waals surface area contributed by atoms with Crippen LogP contribution < -0.4 is 4.90 Å². The van der Waals surface area contributed by atoms with Gasteiger partial charge in [0.05, 0.1) is 33.8 Å². The number of para-hydroxylation sites is 2. The lowest BCUT2D eigenvalue weighted by molar-refractivity contribution is 0.537. The Morgan fingerprint density at radius 1 is 0.558 bits per heavy atom. The highest BCUT2D eigenvalue weighted by Crippen LogP contribution is 2.53. The lowest BCUT2D eigenvalue weighted by atomic mass is 9.73. The number of rotatable bonds is 3. The van der Waals surface area contributed by atoms with Crippen LogP contribution in [0.15, 0.2) is 109 Å². The summed E-state index contributed by atoms with van der Waals surface area (Å²) in [5.74, 6) is 0.932. The summed E-state index contributed by atoms with van der Waals surface area (Å²) in [6, 6.07) is 38.2. The molecule has 1 aliphatic rings. The Labute approximate surface area is 308 Å². The van der Waals surface area contributed by atoms with E-state index in [1.54, 1.807) is 0 Å². The highest BCUT2D eigenvalue weighted by atomic mass is 15.3. The fourth-order valence-electron chi connectivity index (χ4n) is 7.95. The van der Waals surface area contributed by atoms with Crippen LogP contribution in [0.4, 0.5) is 17.1 Å². The molecule has 0 amide bonds. The van der Waals surface area contributed by atoms with Gasteiger partial charge in [0.15, 0.2) is 0 Å². The molecule has 5 nitrogen and oxygen atoms in total. The average Bonchev–Trinajstić information content (AvgIpc) is 3.69. The third kappa shape index (κ3) is 5.36. The lowest BCUT2D eigenvalue weighted by Gasteiger charge is -2.42. The maximum atomic E-state index is 5.27. The first kappa shape index (κ1) is 34.0. The van der Waals surface area contributed by atoms with E-state index in [0.29, 0.717) is 0 Å². The van der Waals surface area contributed by atoms with Crippen LogP contribution in [0.3, 0.4) is 0 Å². The van der Waals surface area contributed by atoms with Gasteiger partial charge in [-0.1, -0.05) is 125 Å². The van der Waals surface area contributed by atoms with Crippen LogP contribution in [0.5, 0.6) is 0 Å². The van der Waals surface area contributed by atoms with Crippen LogP contribution in [-0.4, -0.2) is 19.3 Å². The second-order valence-electron chi connectivity index (χ2n) is 18.2. The van der Waals surface area contributed by atoms with Crippen molar-refractivity contribution < 1.29 is 0 Å². The van der Waals surface area contributed by atoms with Crippen molar-refractivity contribution in [3.8, 4) is 11.5 Å². The fraction of sp³-hybridized carbons (Fsp3) is 0.319. The van der Waals surface area contributed by atoms with Crippen molar-refractivity contribution in [2.75, 3.05) is 4.90 Å². The molecule has 0 fully saturated rings. The molecule has 0 saturated carbocycles. The molecule has 3 aromatic heterocycles. The predicted molar refractivity (Wildman–Crippen MR) is 219 cm³/mol. The van der Waals surface area contributed by atoms with Gasteiger partial charge in [0, 0.05) is 44.6 Å². The second kappa shape index (κ2) is 11.4. The van der Waals surface area contributed by atoms with Crippen molar-refractivity contribution in [3.05, 3.63) is 137 Å². The smallest absolute Gasteiger partial charge is 0.137 e. The Hall–Kier alpha value is -5.16. The van der Waals surface area contributed by atoms with E-state index >= 15 is 0 Å². The first-order valence-corrected chi connectivity index (χ1v) is 18.6. The molecule has 4 heterocycles. The number of nitrogens with zero attached hydrogens (tertiary/aromatic N) is 5. The minimum atomic E-state index is -0.204. The summed E-state index contributed by atoms with van der Waals surface area (Å²) < 4.78 is 4.52. The van der Waals surface area contributed by atoms with Crippen LogP contribution in [0.1, 0.15) is 104 Å². The summed E-state index contributed by atoms with van der Waals surface area (Å²) in [5.41, 5.74) is 12.6. The number of hydrogen-bond donors (Lipinski definition) is 0. The first-order chi connectivity index (χ1) is 24.4. The van der Waals surface area contributed by atoms with Crippen molar-refractivity contribution in [1.29, 1.82) is 0 Å². The van der Waals surface area contributed by atoms with Crippen LogP contribution in [0, 0.1) is 0 Å². The summed E-state index contributed by atoms with van der Waals surface area (Å²) in [7, 11) is 0. The largest absolute Gasteiger partial charge is 0.310 e. The molecule has 4 aromatic carbocycles. The first-order valence-electron chi connectivity index (χ1n) is 18.6. The van der Waals surface area contributed by atoms with E-state index < -0.39 is 0 Å². The summed E-state index contributed by atoms with van der Waals surface area (Å²) in [6.07, 6.45) is 1.95. The van der Waals surface area contributed by atoms with Crippen LogP contribution in [-0.2, 0) is 21.7 Å². The Kier molecular flexibility index (Phi) is 7.46. The van der Waals surface area contributed by atoms with Crippen LogP contribution in [0.25, 0.3) is 33.3 Å². The van der Waals surface area contributed by atoms with E-state index in [1.165, 1.54) is 44.5 Å². The molecule has 8 rings (SSSR count). The molecule has 52 heavy (non-hydrogen) atoms. The molecule has 0 unspecified atom stereocenters. The number of hydrogen-bond acceptors (Lipinski definition) is 3. The Morgan fingerprint density at radius 3 is 1.96 bits per heavy atom. The normalized spacial score (nSPS) is 14.6. The molecule has 0 N–H and O–H groups in total. The minimum Gasteiger partial charge on any atom is -0.310 e. The van der Waals surface area contributed by atoms with Gasteiger partial charge in [-0.15, -0.1) is 0 Å². The van der Waals surface area contributed by atoms with Crippen LogP contribution in [0.2, 0.25) is 0 Å². The van der Waals surface area contributed by atoms with Gasteiger partial charge in [-0.05, 0) is 76.7 Å². The van der Waals surface area contributed by atoms with Gasteiger partial charge in [-0.3, -0.25) is 4.57 Å². The predicted octanol–water partition coefficient (Wildman–Crippen LogP) is 12.4. The Morgan fingerprint density at radius 2 is 1.23 bits per heavy atom. The van der Waals surface area contributed by atoms with E-state index in [2.05, 4.69) is 193 Å². The fourth-order valence-corrected chi connectivity index (χ4v) is 7.95. The number of benzene rings is 4. The molecule has 7 aromatic rings. The summed E-state index contributed by atoms with van der Waals surface area (Å²) in [5, 5.41) is 7.70. The molecular formula is C47H51N5. The van der Waals surface area contributed by atoms with Crippen molar-refractivity contribution in [2.45, 2.75) is 97.8 Å². The number of anilines is 3. The van der Waals surface area contributed by atoms with Gasteiger partial charge in [0.25, 0.3) is 0 Å². The molecule has 0 saturated heterocycles. The average molecular weight is 686 g/mol. The SMILES string of the molecule is CC(C)(C)c1ccnc(-n2c3ccccc3c3ccc(N4c5ccccc5C(C)(C)c5ccc(-n6nc(C(C)(C)C)cc6C(C)(C)C)cc54)cc32)c1. The molecule has 1 aliphatic heterocycles.